The Bertz CT molecular complexity index is 511. The summed E-state index contributed by atoms with van der Waals surface area (Å²) in [7, 11) is -4.66. The number of rotatable bonds is 5. The molecule has 10 atom stereocenters. The van der Waals surface area contributed by atoms with Crippen molar-refractivity contribution in [2.75, 3.05) is 12.8 Å². The largest absolute Gasteiger partial charge is 0.394 e. The van der Waals surface area contributed by atoms with Gasteiger partial charge in [-0.15, -0.1) is 0 Å². The van der Waals surface area contributed by atoms with Crippen molar-refractivity contribution in [3.8, 4) is 0 Å². The van der Waals surface area contributed by atoms with Gasteiger partial charge >= 0.3 is 7.60 Å². The number of hydrogen-bond acceptors (Lipinski definition) is 11. The predicted molar refractivity (Wildman–Crippen MR) is 78.4 cm³/mol. The summed E-state index contributed by atoms with van der Waals surface area (Å²) < 4.78 is 26.3. The summed E-state index contributed by atoms with van der Waals surface area (Å²) in [5.41, 5.74) is 0. The minimum absolute atomic E-state index is 0.759. The van der Waals surface area contributed by atoms with Crippen LogP contribution in [0.5, 0.6) is 0 Å². The zero-order chi connectivity index (χ0) is 19.8. The van der Waals surface area contributed by atoms with E-state index in [0.717, 1.165) is 0 Å². The molecule has 2 heterocycles. The lowest BCUT2D eigenvalue weighted by Crippen LogP contribution is -2.64. The summed E-state index contributed by atoms with van der Waals surface area (Å²) in [6.07, 6.45) is -18.3. The summed E-state index contributed by atoms with van der Waals surface area (Å²) in [4.78, 5) is 18.0. The minimum atomic E-state index is -4.66. The lowest BCUT2D eigenvalue weighted by molar-refractivity contribution is -0.351. The lowest BCUT2D eigenvalue weighted by atomic mass is 9.97. The fourth-order valence-corrected chi connectivity index (χ4v) is 3.57. The second kappa shape index (κ2) is 8.41. The molecular formula is C12H23O13P. The van der Waals surface area contributed by atoms with E-state index in [-0.39, 0.29) is 0 Å². The molecule has 0 aromatic carbocycles. The zero-order valence-electron chi connectivity index (χ0n) is 13.3. The summed E-state index contributed by atoms with van der Waals surface area (Å²) in [6.45, 7) is -0.759. The normalized spacial score (nSPS) is 47.7. The maximum Gasteiger partial charge on any atom is 0.328 e. The van der Waals surface area contributed by atoms with Crippen molar-refractivity contribution in [3.63, 3.8) is 0 Å². The van der Waals surface area contributed by atoms with Gasteiger partial charge in [-0.2, -0.15) is 0 Å². The van der Waals surface area contributed by atoms with Gasteiger partial charge in [-0.25, -0.2) is 0 Å². The molecule has 0 radical (unpaired) electrons. The minimum Gasteiger partial charge on any atom is -0.394 e. The van der Waals surface area contributed by atoms with Crippen molar-refractivity contribution in [1.29, 1.82) is 0 Å². The molecule has 26 heavy (non-hydrogen) atoms. The number of hydrogen-bond donors (Lipinski definition) is 9. The van der Waals surface area contributed by atoms with E-state index in [0.29, 0.717) is 0 Å². The third-order valence-corrected chi connectivity index (χ3v) is 5.05. The Labute approximate surface area is 147 Å². The number of ether oxygens (including phenoxy) is 3. The maximum absolute atomic E-state index is 11.1. The molecule has 9 N–H and O–H groups in total. The van der Waals surface area contributed by atoms with Crippen LogP contribution in [0.15, 0.2) is 0 Å². The highest BCUT2D eigenvalue weighted by Gasteiger charge is 2.50. The van der Waals surface area contributed by atoms with Crippen molar-refractivity contribution in [1.82, 2.24) is 0 Å². The number of aliphatic hydroxyl groups is 7. The molecule has 0 saturated carbocycles. The van der Waals surface area contributed by atoms with Crippen molar-refractivity contribution in [2.24, 2.45) is 0 Å². The van der Waals surface area contributed by atoms with Gasteiger partial charge < -0.3 is 59.7 Å². The Hall–Kier alpha value is -0.250. The van der Waals surface area contributed by atoms with Crippen LogP contribution in [0, 0.1) is 0 Å². The molecule has 0 amide bonds. The van der Waals surface area contributed by atoms with Crippen molar-refractivity contribution >= 4 is 7.60 Å². The van der Waals surface area contributed by atoms with Crippen molar-refractivity contribution in [3.05, 3.63) is 0 Å². The molecule has 0 aromatic heterocycles. The van der Waals surface area contributed by atoms with E-state index in [4.69, 9.17) is 24.0 Å². The van der Waals surface area contributed by atoms with Gasteiger partial charge in [-0.1, -0.05) is 0 Å². The van der Waals surface area contributed by atoms with Gasteiger partial charge in [0.25, 0.3) is 0 Å². The smallest absolute Gasteiger partial charge is 0.328 e. The molecule has 14 heteroatoms. The van der Waals surface area contributed by atoms with Crippen molar-refractivity contribution in [2.45, 2.75) is 61.4 Å². The maximum atomic E-state index is 11.1. The highest BCUT2D eigenvalue weighted by molar-refractivity contribution is 7.51. The van der Waals surface area contributed by atoms with Crippen molar-refractivity contribution < 1.29 is 64.3 Å². The van der Waals surface area contributed by atoms with E-state index in [1.165, 1.54) is 0 Å². The first-order chi connectivity index (χ1) is 12.0. The molecule has 0 aliphatic carbocycles. The van der Waals surface area contributed by atoms with Crippen LogP contribution >= 0.6 is 7.60 Å². The van der Waals surface area contributed by atoms with Gasteiger partial charge in [-0.05, 0) is 0 Å². The molecule has 13 nitrogen and oxygen atoms in total. The van der Waals surface area contributed by atoms with Gasteiger partial charge in [-0.3, -0.25) is 4.57 Å². The quantitative estimate of drug-likeness (QED) is 0.195. The lowest BCUT2D eigenvalue weighted by Gasteiger charge is -2.45. The van der Waals surface area contributed by atoms with Crippen LogP contribution in [-0.4, -0.2) is 120 Å². The highest BCUT2D eigenvalue weighted by Crippen LogP contribution is 2.39. The van der Waals surface area contributed by atoms with Gasteiger partial charge in [0.05, 0.1) is 12.8 Å². The van der Waals surface area contributed by atoms with Gasteiger partial charge in [0, 0.05) is 0 Å². The highest BCUT2D eigenvalue weighted by atomic mass is 31.2. The summed E-state index contributed by atoms with van der Waals surface area (Å²) >= 11 is 0. The zero-order valence-corrected chi connectivity index (χ0v) is 14.2. The van der Waals surface area contributed by atoms with E-state index in [1.54, 1.807) is 0 Å². The van der Waals surface area contributed by atoms with Crippen LogP contribution in [0.3, 0.4) is 0 Å². The topological polar surface area (TPSA) is 227 Å². The third kappa shape index (κ3) is 4.77. The van der Waals surface area contributed by atoms with Gasteiger partial charge in [0.15, 0.2) is 12.6 Å². The standard InChI is InChI=1S/C12H23O13P/c13-1-3-10(7(16)8(17)11(19)23-3)25-12-9(18)6(15)5(14)4(24-12)2-26(20,21)22/h3-19H,1-2H2,(H2,20,21,22)/t3-,4-,5+,6+,7-,8-,9-,10-,11-,12+/m1/s1. The van der Waals surface area contributed by atoms with E-state index in [1.807, 2.05) is 0 Å². The second-order valence-corrected chi connectivity index (χ2v) is 7.89. The van der Waals surface area contributed by atoms with E-state index in [9.17, 15) is 40.3 Å². The molecule has 2 saturated heterocycles. The van der Waals surface area contributed by atoms with Crippen LogP contribution in [-0.2, 0) is 18.8 Å². The molecule has 154 valence electrons. The molecule has 2 aliphatic heterocycles. The molecule has 2 aliphatic rings. The SMILES string of the molecule is O=P(O)(O)C[C@H]1O[C@@H](O[C@H]2[C@H](O)[C@@H](O)[C@H](O)O[C@@H]2CO)[C@H](O)[C@@H](O)[C@H]1O. The molecular weight excluding hydrogens is 383 g/mol. The molecule has 0 aromatic rings. The fraction of sp³-hybridized carbons (Fsp3) is 1.00. The van der Waals surface area contributed by atoms with Gasteiger partial charge in [0.2, 0.25) is 0 Å². The predicted octanol–water partition coefficient (Wildman–Crippen LogP) is -5.21. The van der Waals surface area contributed by atoms with Crippen LogP contribution in [0.4, 0.5) is 0 Å². The fourth-order valence-electron chi connectivity index (χ4n) is 2.80. The number of aliphatic hydroxyl groups excluding tert-OH is 7. The van der Waals surface area contributed by atoms with Crippen LogP contribution < -0.4 is 0 Å². The first-order valence-corrected chi connectivity index (χ1v) is 9.46. The van der Waals surface area contributed by atoms with E-state index >= 15 is 0 Å². The second-order valence-electron chi connectivity index (χ2n) is 6.19. The Morgan fingerprint density at radius 2 is 1.42 bits per heavy atom. The summed E-state index contributed by atoms with van der Waals surface area (Å²) in [5, 5.41) is 68.0. The Morgan fingerprint density at radius 1 is 0.808 bits per heavy atom. The van der Waals surface area contributed by atoms with Crippen LogP contribution in [0.2, 0.25) is 0 Å². The average Bonchev–Trinajstić information content (AvgIpc) is 2.55. The average molecular weight is 406 g/mol. The Balaban J connectivity index is 2.16. The monoisotopic (exact) mass is 406 g/mol. The Kier molecular flexibility index (Phi) is 7.13. The Morgan fingerprint density at radius 3 is 1.96 bits per heavy atom. The summed E-state index contributed by atoms with van der Waals surface area (Å²) in [6, 6.07) is 0. The van der Waals surface area contributed by atoms with E-state index in [2.05, 4.69) is 0 Å². The molecule has 0 unspecified atom stereocenters. The van der Waals surface area contributed by atoms with Crippen LogP contribution in [0.1, 0.15) is 0 Å². The van der Waals surface area contributed by atoms with Gasteiger partial charge in [0.1, 0.15) is 48.8 Å². The first kappa shape index (κ1) is 22.0. The molecule has 0 spiro atoms. The van der Waals surface area contributed by atoms with Crippen LogP contribution in [0.25, 0.3) is 0 Å². The molecule has 2 fully saturated rings. The summed E-state index contributed by atoms with van der Waals surface area (Å²) in [5.74, 6) is 0. The molecule has 2 rings (SSSR count). The molecule has 0 bridgehead atoms. The van der Waals surface area contributed by atoms with E-state index < -0.39 is 81.8 Å². The first-order valence-electron chi connectivity index (χ1n) is 7.66. The third-order valence-electron chi connectivity index (χ3n) is 4.22.